The highest BCUT2D eigenvalue weighted by atomic mass is 16.6. The molecule has 1 rings (SSSR count). The zero-order chi connectivity index (χ0) is 14.4. The lowest BCUT2D eigenvalue weighted by Gasteiger charge is -2.03. The highest BCUT2D eigenvalue weighted by molar-refractivity contribution is 5.97. The minimum absolute atomic E-state index is 0.193. The standard InChI is InChI=1S/C11H7N5O3/c12-4-7(5-13)6-15-8-1-2-9(11(14)17)10(3-8)16(18)19/h1-3,6,15H,(H2,14,17). The van der Waals surface area contributed by atoms with Crippen molar-refractivity contribution >= 4 is 17.3 Å². The number of nitro benzene ring substituents is 1. The molecule has 94 valence electrons. The van der Waals surface area contributed by atoms with Crippen molar-refractivity contribution < 1.29 is 9.72 Å². The number of benzene rings is 1. The average molecular weight is 257 g/mol. The summed E-state index contributed by atoms with van der Waals surface area (Å²) < 4.78 is 0. The Bertz CT molecular complexity index is 635. The molecule has 8 nitrogen and oxygen atoms in total. The van der Waals surface area contributed by atoms with E-state index in [9.17, 15) is 14.9 Å². The van der Waals surface area contributed by atoms with Crippen LogP contribution in [0.2, 0.25) is 0 Å². The number of nitrogens with two attached hydrogens (primary N) is 1. The molecule has 1 aromatic carbocycles. The second kappa shape index (κ2) is 5.80. The third-order valence-corrected chi connectivity index (χ3v) is 2.08. The van der Waals surface area contributed by atoms with E-state index in [1.54, 1.807) is 12.1 Å². The van der Waals surface area contributed by atoms with Gasteiger partial charge in [-0.2, -0.15) is 10.5 Å². The van der Waals surface area contributed by atoms with Gasteiger partial charge in [-0.1, -0.05) is 0 Å². The first-order valence-electron chi connectivity index (χ1n) is 4.84. The number of allylic oxidation sites excluding steroid dienone is 1. The third-order valence-electron chi connectivity index (χ3n) is 2.08. The van der Waals surface area contributed by atoms with Crippen LogP contribution in [-0.2, 0) is 0 Å². The summed E-state index contributed by atoms with van der Waals surface area (Å²) in [5.41, 5.74) is 4.38. The summed E-state index contributed by atoms with van der Waals surface area (Å²) in [6, 6.07) is 6.88. The molecular weight excluding hydrogens is 250 g/mol. The molecule has 1 aromatic rings. The van der Waals surface area contributed by atoms with Crippen LogP contribution >= 0.6 is 0 Å². The SMILES string of the molecule is N#CC(C#N)=CNc1ccc(C(N)=O)c([N+](=O)[O-])c1. The maximum atomic E-state index is 11.0. The first-order valence-corrected chi connectivity index (χ1v) is 4.84. The number of carbonyl (C=O) groups excluding carboxylic acids is 1. The van der Waals surface area contributed by atoms with Crippen molar-refractivity contribution in [1.82, 2.24) is 0 Å². The van der Waals surface area contributed by atoms with Crippen molar-refractivity contribution in [3.63, 3.8) is 0 Å². The van der Waals surface area contributed by atoms with Crippen molar-refractivity contribution in [2.75, 3.05) is 5.32 Å². The van der Waals surface area contributed by atoms with Gasteiger partial charge in [0.1, 0.15) is 23.3 Å². The van der Waals surface area contributed by atoms with E-state index in [2.05, 4.69) is 5.32 Å². The molecule has 0 aromatic heterocycles. The highest BCUT2D eigenvalue weighted by Gasteiger charge is 2.18. The topological polar surface area (TPSA) is 146 Å². The summed E-state index contributed by atoms with van der Waals surface area (Å²) in [6.45, 7) is 0. The fraction of sp³-hybridized carbons (Fsp3) is 0. The zero-order valence-electron chi connectivity index (χ0n) is 9.45. The van der Waals surface area contributed by atoms with Crippen LogP contribution in [-0.4, -0.2) is 10.8 Å². The van der Waals surface area contributed by atoms with E-state index in [1.165, 1.54) is 12.1 Å². The summed E-state index contributed by atoms with van der Waals surface area (Å²) in [7, 11) is 0. The molecule has 0 spiro atoms. The molecule has 0 heterocycles. The van der Waals surface area contributed by atoms with Crippen LogP contribution in [0.15, 0.2) is 30.0 Å². The van der Waals surface area contributed by atoms with Crippen LogP contribution in [0, 0.1) is 32.8 Å². The van der Waals surface area contributed by atoms with Crippen molar-refractivity contribution in [1.29, 1.82) is 10.5 Å². The van der Waals surface area contributed by atoms with Gasteiger partial charge in [0, 0.05) is 18.0 Å². The normalized spacial score (nSPS) is 8.74. The Morgan fingerprint density at radius 3 is 2.53 bits per heavy atom. The van der Waals surface area contributed by atoms with E-state index >= 15 is 0 Å². The monoisotopic (exact) mass is 257 g/mol. The minimum atomic E-state index is -0.913. The number of anilines is 1. The Morgan fingerprint density at radius 1 is 1.42 bits per heavy atom. The Hall–Kier alpha value is -3.39. The zero-order valence-corrected chi connectivity index (χ0v) is 9.45. The van der Waals surface area contributed by atoms with Gasteiger partial charge in [0.15, 0.2) is 0 Å². The second-order valence-corrected chi connectivity index (χ2v) is 3.28. The Morgan fingerprint density at radius 2 is 2.05 bits per heavy atom. The van der Waals surface area contributed by atoms with Gasteiger partial charge < -0.3 is 11.1 Å². The first-order chi connectivity index (χ1) is 8.99. The molecule has 0 bridgehead atoms. The van der Waals surface area contributed by atoms with E-state index < -0.39 is 16.5 Å². The Balaban J connectivity index is 3.15. The van der Waals surface area contributed by atoms with Crippen LogP contribution in [0.4, 0.5) is 11.4 Å². The summed E-state index contributed by atoms with van der Waals surface area (Å²) in [5, 5.41) is 30.4. The molecule has 0 atom stereocenters. The molecule has 8 heteroatoms. The van der Waals surface area contributed by atoms with Gasteiger partial charge in [0.2, 0.25) is 0 Å². The molecule has 0 fully saturated rings. The van der Waals surface area contributed by atoms with Crippen LogP contribution < -0.4 is 11.1 Å². The molecule has 1 amide bonds. The number of nitrogens with zero attached hydrogens (tertiary/aromatic N) is 3. The lowest BCUT2D eigenvalue weighted by molar-refractivity contribution is -0.385. The minimum Gasteiger partial charge on any atom is -0.365 e. The number of carbonyl (C=O) groups is 1. The fourth-order valence-corrected chi connectivity index (χ4v) is 1.23. The number of nitrogens with one attached hydrogen (secondary N) is 1. The van der Waals surface area contributed by atoms with Crippen molar-refractivity contribution in [3.05, 3.63) is 45.6 Å². The van der Waals surface area contributed by atoms with E-state index in [4.69, 9.17) is 16.3 Å². The summed E-state index contributed by atoms with van der Waals surface area (Å²) >= 11 is 0. The van der Waals surface area contributed by atoms with E-state index in [1.807, 2.05) is 0 Å². The Kier molecular flexibility index (Phi) is 4.17. The lowest BCUT2D eigenvalue weighted by Crippen LogP contribution is -2.13. The molecule has 0 saturated carbocycles. The van der Waals surface area contributed by atoms with E-state index in [-0.39, 0.29) is 16.8 Å². The first kappa shape index (κ1) is 13.7. The van der Waals surface area contributed by atoms with E-state index in [0.29, 0.717) is 0 Å². The van der Waals surface area contributed by atoms with Crippen LogP contribution in [0.1, 0.15) is 10.4 Å². The molecule has 0 aliphatic carbocycles. The van der Waals surface area contributed by atoms with Crippen molar-refractivity contribution in [2.45, 2.75) is 0 Å². The number of nitriles is 2. The van der Waals surface area contributed by atoms with Gasteiger partial charge in [0.25, 0.3) is 11.6 Å². The molecule has 3 N–H and O–H groups in total. The number of amides is 1. The number of hydrogen-bond donors (Lipinski definition) is 2. The van der Waals surface area contributed by atoms with Crippen molar-refractivity contribution in [3.8, 4) is 12.1 Å². The largest absolute Gasteiger partial charge is 0.365 e. The molecule has 0 aliphatic rings. The number of rotatable bonds is 4. The number of primary amides is 1. The lowest BCUT2D eigenvalue weighted by atomic mass is 10.1. The average Bonchev–Trinajstić information content (AvgIpc) is 2.39. The molecule has 19 heavy (non-hydrogen) atoms. The summed E-state index contributed by atoms with van der Waals surface area (Å²) in [6.07, 6.45) is 1.10. The predicted octanol–water partition coefficient (Wildman–Crippen LogP) is 1.04. The number of hydrogen-bond acceptors (Lipinski definition) is 6. The van der Waals surface area contributed by atoms with Crippen LogP contribution in [0.5, 0.6) is 0 Å². The number of nitro groups is 1. The predicted molar refractivity (Wildman–Crippen MR) is 64.5 cm³/mol. The maximum absolute atomic E-state index is 11.0. The van der Waals surface area contributed by atoms with Gasteiger partial charge >= 0.3 is 0 Å². The van der Waals surface area contributed by atoms with Crippen molar-refractivity contribution in [2.24, 2.45) is 5.73 Å². The smallest absolute Gasteiger partial charge is 0.284 e. The summed E-state index contributed by atoms with van der Waals surface area (Å²) in [5.74, 6) is -0.913. The molecular formula is C11H7N5O3. The van der Waals surface area contributed by atoms with E-state index in [0.717, 1.165) is 12.3 Å². The van der Waals surface area contributed by atoms with Gasteiger partial charge in [0.05, 0.1) is 4.92 Å². The van der Waals surface area contributed by atoms with Gasteiger partial charge in [-0.15, -0.1) is 0 Å². The Labute approximate surface area is 107 Å². The quantitative estimate of drug-likeness (QED) is 0.468. The molecule has 0 radical (unpaired) electrons. The van der Waals surface area contributed by atoms with Gasteiger partial charge in [-0.05, 0) is 12.1 Å². The van der Waals surface area contributed by atoms with Crippen LogP contribution in [0.25, 0.3) is 0 Å². The molecule has 0 unspecified atom stereocenters. The highest BCUT2D eigenvalue weighted by Crippen LogP contribution is 2.23. The van der Waals surface area contributed by atoms with Gasteiger partial charge in [-0.3, -0.25) is 14.9 Å². The maximum Gasteiger partial charge on any atom is 0.284 e. The summed E-state index contributed by atoms with van der Waals surface area (Å²) in [4.78, 5) is 21.0. The second-order valence-electron chi connectivity index (χ2n) is 3.28. The van der Waals surface area contributed by atoms with Crippen LogP contribution in [0.3, 0.4) is 0 Å². The molecule has 0 saturated heterocycles. The third kappa shape index (κ3) is 3.28. The van der Waals surface area contributed by atoms with Gasteiger partial charge in [-0.25, -0.2) is 0 Å². The molecule has 0 aliphatic heterocycles. The fourth-order valence-electron chi connectivity index (χ4n) is 1.23.